The van der Waals surface area contributed by atoms with Crippen LogP contribution in [0.4, 0.5) is 10.8 Å². The Labute approximate surface area is 130 Å². The summed E-state index contributed by atoms with van der Waals surface area (Å²) in [6.45, 7) is 3.91. The average molecular weight is 376 g/mol. The van der Waals surface area contributed by atoms with E-state index in [0.29, 0.717) is 15.3 Å². The van der Waals surface area contributed by atoms with Crippen LogP contribution in [0.25, 0.3) is 0 Å². The van der Waals surface area contributed by atoms with Gasteiger partial charge in [0, 0.05) is 15.0 Å². The number of aromatic nitrogens is 1. The van der Waals surface area contributed by atoms with Crippen molar-refractivity contribution in [3.63, 3.8) is 0 Å². The lowest BCUT2D eigenvalue weighted by Crippen LogP contribution is -2.13. The summed E-state index contributed by atoms with van der Waals surface area (Å²) in [7, 11) is -3.65. The molecule has 0 saturated heterocycles. The van der Waals surface area contributed by atoms with Crippen LogP contribution in [0.5, 0.6) is 0 Å². The van der Waals surface area contributed by atoms with E-state index in [0.717, 1.165) is 17.0 Å². The molecule has 3 N–H and O–H groups in total. The smallest absolute Gasteiger partial charge is 0.263 e. The SMILES string of the molecule is CCc1nc(NS(=O)(=O)c2ccc(N)c(Br)c2)sc1C. The minimum Gasteiger partial charge on any atom is -0.398 e. The summed E-state index contributed by atoms with van der Waals surface area (Å²) in [6.07, 6.45) is 0.775. The van der Waals surface area contributed by atoms with Gasteiger partial charge in [-0.25, -0.2) is 13.4 Å². The lowest BCUT2D eigenvalue weighted by molar-refractivity contribution is 0.601. The molecular weight excluding hydrogens is 362 g/mol. The van der Waals surface area contributed by atoms with Crippen molar-refractivity contribution in [3.05, 3.63) is 33.2 Å². The van der Waals surface area contributed by atoms with Gasteiger partial charge in [-0.15, -0.1) is 11.3 Å². The second-order valence-electron chi connectivity index (χ2n) is 4.16. The fourth-order valence-corrected chi connectivity index (χ4v) is 4.34. The zero-order valence-corrected chi connectivity index (χ0v) is 14.2. The van der Waals surface area contributed by atoms with Gasteiger partial charge in [0.15, 0.2) is 5.13 Å². The summed E-state index contributed by atoms with van der Waals surface area (Å²) in [4.78, 5) is 5.43. The summed E-state index contributed by atoms with van der Waals surface area (Å²) < 4.78 is 27.6. The van der Waals surface area contributed by atoms with E-state index in [1.54, 1.807) is 6.07 Å². The molecule has 0 fully saturated rings. The van der Waals surface area contributed by atoms with Crippen LogP contribution < -0.4 is 10.5 Å². The molecule has 0 spiro atoms. The molecule has 0 radical (unpaired) electrons. The lowest BCUT2D eigenvalue weighted by atomic mass is 10.3. The van der Waals surface area contributed by atoms with Crippen molar-refractivity contribution in [3.8, 4) is 0 Å². The Kier molecular flexibility index (Phi) is 4.36. The number of benzene rings is 1. The van der Waals surface area contributed by atoms with Crippen molar-refractivity contribution in [1.29, 1.82) is 0 Å². The normalized spacial score (nSPS) is 11.6. The van der Waals surface area contributed by atoms with E-state index in [1.807, 2.05) is 13.8 Å². The van der Waals surface area contributed by atoms with Crippen molar-refractivity contribution >= 4 is 48.1 Å². The first-order chi connectivity index (χ1) is 9.33. The fourth-order valence-electron chi connectivity index (χ4n) is 1.65. The highest BCUT2D eigenvalue weighted by molar-refractivity contribution is 9.10. The topological polar surface area (TPSA) is 85.1 Å². The van der Waals surface area contributed by atoms with E-state index < -0.39 is 10.0 Å². The molecular formula is C12H14BrN3O2S2. The fraction of sp³-hybridized carbons (Fsp3) is 0.250. The van der Waals surface area contributed by atoms with Crippen molar-refractivity contribution < 1.29 is 8.42 Å². The van der Waals surface area contributed by atoms with Gasteiger partial charge >= 0.3 is 0 Å². The predicted molar refractivity (Wildman–Crippen MR) is 85.6 cm³/mol. The van der Waals surface area contributed by atoms with E-state index >= 15 is 0 Å². The number of nitrogen functional groups attached to an aromatic ring is 1. The molecule has 0 saturated carbocycles. The number of rotatable bonds is 4. The Balaban J connectivity index is 2.32. The number of hydrogen-bond acceptors (Lipinski definition) is 5. The maximum absolute atomic E-state index is 12.3. The van der Waals surface area contributed by atoms with Crippen LogP contribution in [0.1, 0.15) is 17.5 Å². The molecule has 2 rings (SSSR count). The first-order valence-electron chi connectivity index (χ1n) is 5.87. The van der Waals surface area contributed by atoms with Gasteiger partial charge in [-0.05, 0) is 47.5 Å². The molecule has 0 aliphatic rings. The van der Waals surface area contributed by atoms with Crippen molar-refractivity contribution in [2.45, 2.75) is 25.2 Å². The minimum atomic E-state index is -3.65. The molecule has 0 aliphatic heterocycles. The van der Waals surface area contributed by atoms with Crippen molar-refractivity contribution in [2.75, 3.05) is 10.5 Å². The maximum atomic E-state index is 12.3. The minimum absolute atomic E-state index is 0.143. The molecule has 5 nitrogen and oxygen atoms in total. The average Bonchev–Trinajstić information content (AvgIpc) is 2.71. The van der Waals surface area contributed by atoms with Gasteiger partial charge in [0.05, 0.1) is 10.6 Å². The van der Waals surface area contributed by atoms with Crippen LogP contribution in [0, 0.1) is 6.92 Å². The van der Waals surface area contributed by atoms with Crippen LogP contribution in [-0.4, -0.2) is 13.4 Å². The number of halogens is 1. The van der Waals surface area contributed by atoms with Gasteiger partial charge in [0.1, 0.15) is 0 Å². The van der Waals surface area contributed by atoms with Gasteiger partial charge in [0.25, 0.3) is 10.0 Å². The summed E-state index contributed by atoms with van der Waals surface area (Å²) in [5.74, 6) is 0. The third-order valence-electron chi connectivity index (χ3n) is 2.73. The van der Waals surface area contributed by atoms with Crippen molar-refractivity contribution in [2.24, 2.45) is 0 Å². The molecule has 0 atom stereocenters. The standard InChI is InChI=1S/C12H14BrN3O2S2/c1-3-11-7(2)19-12(15-11)16-20(17,18)8-4-5-10(14)9(13)6-8/h4-6H,3,14H2,1-2H3,(H,15,16). The first kappa shape index (κ1) is 15.3. The molecule has 0 amide bonds. The number of thiazole rings is 1. The lowest BCUT2D eigenvalue weighted by Gasteiger charge is -2.06. The van der Waals surface area contributed by atoms with Gasteiger partial charge in [0.2, 0.25) is 0 Å². The molecule has 20 heavy (non-hydrogen) atoms. The Morgan fingerprint density at radius 2 is 2.15 bits per heavy atom. The van der Waals surface area contributed by atoms with E-state index in [1.165, 1.54) is 23.5 Å². The zero-order valence-electron chi connectivity index (χ0n) is 11.0. The molecule has 0 aliphatic carbocycles. The molecule has 8 heteroatoms. The summed E-state index contributed by atoms with van der Waals surface area (Å²) in [5.41, 5.74) is 7.05. The first-order valence-corrected chi connectivity index (χ1v) is 8.97. The van der Waals surface area contributed by atoms with Gasteiger partial charge in [-0.3, -0.25) is 4.72 Å². The van der Waals surface area contributed by atoms with Gasteiger partial charge in [-0.1, -0.05) is 6.92 Å². The molecule has 2 aromatic rings. The number of anilines is 2. The molecule has 1 aromatic heterocycles. The zero-order chi connectivity index (χ0) is 14.9. The predicted octanol–water partition coefficient (Wildman–Crippen LogP) is 3.16. The summed E-state index contributed by atoms with van der Waals surface area (Å²) in [6, 6.07) is 4.48. The highest BCUT2D eigenvalue weighted by atomic mass is 79.9. The number of nitrogens with zero attached hydrogens (tertiary/aromatic N) is 1. The number of hydrogen-bond donors (Lipinski definition) is 2. The Morgan fingerprint density at radius 3 is 2.70 bits per heavy atom. The van der Waals surface area contributed by atoms with Crippen molar-refractivity contribution in [1.82, 2.24) is 4.98 Å². The monoisotopic (exact) mass is 375 g/mol. The van der Waals surface area contributed by atoms with E-state index in [4.69, 9.17) is 5.73 Å². The summed E-state index contributed by atoms with van der Waals surface area (Å²) in [5, 5.41) is 0.382. The Morgan fingerprint density at radius 1 is 1.45 bits per heavy atom. The van der Waals surface area contributed by atoms with Crippen LogP contribution in [0.15, 0.2) is 27.6 Å². The molecule has 1 heterocycles. The molecule has 1 aromatic carbocycles. The molecule has 108 valence electrons. The second-order valence-corrected chi connectivity index (χ2v) is 7.90. The number of aryl methyl sites for hydroxylation is 2. The Bertz CT molecular complexity index is 741. The van der Waals surface area contributed by atoms with Gasteiger partial charge < -0.3 is 5.73 Å². The quantitative estimate of drug-likeness (QED) is 0.803. The highest BCUT2D eigenvalue weighted by Gasteiger charge is 2.18. The van der Waals surface area contributed by atoms with Crippen LogP contribution in [0.3, 0.4) is 0 Å². The third kappa shape index (κ3) is 3.13. The van der Waals surface area contributed by atoms with Gasteiger partial charge in [-0.2, -0.15) is 0 Å². The third-order valence-corrected chi connectivity index (χ3v) is 5.81. The molecule has 0 unspecified atom stereocenters. The van der Waals surface area contributed by atoms with Crippen LogP contribution in [0.2, 0.25) is 0 Å². The van der Waals surface area contributed by atoms with E-state index in [9.17, 15) is 8.42 Å². The number of nitrogens with two attached hydrogens (primary N) is 1. The van der Waals surface area contributed by atoms with Crippen LogP contribution >= 0.6 is 27.3 Å². The number of nitrogens with one attached hydrogen (secondary N) is 1. The second kappa shape index (κ2) is 5.71. The number of sulfonamides is 1. The van der Waals surface area contributed by atoms with E-state index in [-0.39, 0.29) is 4.90 Å². The van der Waals surface area contributed by atoms with E-state index in [2.05, 4.69) is 25.6 Å². The highest BCUT2D eigenvalue weighted by Crippen LogP contribution is 2.27. The maximum Gasteiger partial charge on any atom is 0.263 e. The molecule has 0 bridgehead atoms. The van der Waals surface area contributed by atoms with Crippen LogP contribution in [-0.2, 0) is 16.4 Å². The largest absolute Gasteiger partial charge is 0.398 e. The summed E-state index contributed by atoms with van der Waals surface area (Å²) >= 11 is 4.55. The Hall–Kier alpha value is -1.12.